The third-order valence-corrected chi connectivity index (χ3v) is 3.51. The van der Waals surface area contributed by atoms with Crippen molar-refractivity contribution >= 4 is 17.3 Å². The second-order valence-corrected chi connectivity index (χ2v) is 5.09. The van der Waals surface area contributed by atoms with Crippen molar-refractivity contribution in [3.63, 3.8) is 0 Å². The molecule has 0 N–H and O–H groups in total. The summed E-state index contributed by atoms with van der Waals surface area (Å²) in [6.45, 7) is 4.00. The van der Waals surface area contributed by atoms with Crippen molar-refractivity contribution in [1.82, 2.24) is 0 Å². The van der Waals surface area contributed by atoms with Gasteiger partial charge >= 0.3 is 0 Å². The summed E-state index contributed by atoms with van der Waals surface area (Å²) >= 11 is 6.04. The zero-order chi connectivity index (χ0) is 13.9. The highest BCUT2D eigenvalue weighted by Crippen LogP contribution is 2.30. The minimum atomic E-state index is 0.544. The van der Waals surface area contributed by atoms with Gasteiger partial charge in [0.25, 0.3) is 0 Å². The van der Waals surface area contributed by atoms with Crippen molar-refractivity contribution in [2.75, 3.05) is 18.2 Å². The average Bonchev–Trinajstić information content (AvgIpc) is 2.47. The number of ether oxygens (including phenoxy) is 2. The molecule has 2 aromatic rings. The molecule has 0 atom stereocenters. The molecule has 0 bridgehead atoms. The SMILES string of the molecule is CCOc1ccc(N2COc3ccc(Cl)cc3C2)cc1. The number of halogens is 1. The molecule has 0 saturated carbocycles. The normalized spacial score (nSPS) is 13.6. The summed E-state index contributed by atoms with van der Waals surface area (Å²) < 4.78 is 11.2. The monoisotopic (exact) mass is 289 g/mol. The van der Waals surface area contributed by atoms with E-state index < -0.39 is 0 Å². The zero-order valence-corrected chi connectivity index (χ0v) is 12.1. The van der Waals surface area contributed by atoms with Gasteiger partial charge in [-0.3, -0.25) is 0 Å². The minimum Gasteiger partial charge on any atom is -0.494 e. The van der Waals surface area contributed by atoms with Gasteiger partial charge in [0, 0.05) is 22.8 Å². The Morgan fingerprint density at radius 1 is 1.20 bits per heavy atom. The fourth-order valence-corrected chi connectivity index (χ4v) is 2.49. The van der Waals surface area contributed by atoms with Crippen LogP contribution in [0.5, 0.6) is 11.5 Å². The average molecular weight is 290 g/mol. The van der Waals surface area contributed by atoms with Gasteiger partial charge in [-0.05, 0) is 49.4 Å². The van der Waals surface area contributed by atoms with Crippen molar-refractivity contribution in [2.45, 2.75) is 13.5 Å². The van der Waals surface area contributed by atoms with Gasteiger partial charge in [-0.15, -0.1) is 0 Å². The van der Waals surface area contributed by atoms with Crippen LogP contribution in [0.3, 0.4) is 0 Å². The smallest absolute Gasteiger partial charge is 0.161 e. The molecule has 0 radical (unpaired) electrons. The predicted molar refractivity (Wildman–Crippen MR) is 80.7 cm³/mol. The second kappa shape index (κ2) is 5.63. The van der Waals surface area contributed by atoms with Crippen molar-refractivity contribution in [3.05, 3.63) is 53.1 Å². The molecule has 0 unspecified atom stereocenters. The largest absolute Gasteiger partial charge is 0.494 e. The third kappa shape index (κ3) is 2.68. The number of nitrogens with zero attached hydrogens (tertiary/aromatic N) is 1. The number of hydrogen-bond donors (Lipinski definition) is 0. The van der Waals surface area contributed by atoms with E-state index in [1.807, 2.05) is 49.4 Å². The molecule has 3 rings (SSSR count). The molecule has 0 aliphatic carbocycles. The van der Waals surface area contributed by atoms with Crippen LogP contribution < -0.4 is 14.4 Å². The first-order valence-corrected chi connectivity index (χ1v) is 7.03. The van der Waals surface area contributed by atoms with Crippen LogP contribution in [-0.4, -0.2) is 13.3 Å². The zero-order valence-electron chi connectivity index (χ0n) is 11.3. The van der Waals surface area contributed by atoms with Crippen LogP contribution in [0.1, 0.15) is 12.5 Å². The molecule has 0 spiro atoms. The Bertz CT molecular complexity index is 598. The Kier molecular flexibility index (Phi) is 3.70. The van der Waals surface area contributed by atoms with Crippen LogP contribution in [0, 0.1) is 0 Å². The maximum atomic E-state index is 6.04. The number of fused-ring (bicyclic) bond motifs is 1. The molecule has 3 nitrogen and oxygen atoms in total. The second-order valence-electron chi connectivity index (χ2n) is 4.65. The van der Waals surface area contributed by atoms with Crippen molar-refractivity contribution in [3.8, 4) is 11.5 Å². The van der Waals surface area contributed by atoms with Gasteiger partial charge in [-0.2, -0.15) is 0 Å². The fourth-order valence-electron chi connectivity index (χ4n) is 2.30. The molecule has 0 amide bonds. The lowest BCUT2D eigenvalue weighted by Crippen LogP contribution is -2.31. The van der Waals surface area contributed by atoms with E-state index in [-0.39, 0.29) is 0 Å². The van der Waals surface area contributed by atoms with Gasteiger partial charge in [-0.1, -0.05) is 11.6 Å². The Labute approximate surface area is 123 Å². The summed E-state index contributed by atoms with van der Waals surface area (Å²) in [5.41, 5.74) is 2.22. The van der Waals surface area contributed by atoms with Crippen LogP contribution in [0.25, 0.3) is 0 Å². The van der Waals surface area contributed by atoms with E-state index in [9.17, 15) is 0 Å². The minimum absolute atomic E-state index is 0.544. The standard InChI is InChI=1S/C16H16ClNO2/c1-2-19-15-6-4-14(5-7-15)18-10-12-9-13(17)3-8-16(12)20-11-18/h3-9H,2,10-11H2,1H3. The Hall–Kier alpha value is -1.87. The van der Waals surface area contributed by atoms with E-state index in [1.54, 1.807) is 0 Å². The Morgan fingerprint density at radius 2 is 2.00 bits per heavy atom. The molecule has 0 saturated heterocycles. The van der Waals surface area contributed by atoms with Gasteiger partial charge in [0.1, 0.15) is 11.5 Å². The maximum absolute atomic E-state index is 6.04. The first-order chi connectivity index (χ1) is 9.76. The third-order valence-electron chi connectivity index (χ3n) is 3.27. The van der Waals surface area contributed by atoms with Crippen LogP contribution in [0.2, 0.25) is 5.02 Å². The van der Waals surface area contributed by atoms with Crippen molar-refractivity contribution in [1.29, 1.82) is 0 Å². The van der Waals surface area contributed by atoms with E-state index >= 15 is 0 Å². The molecular weight excluding hydrogens is 274 g/mol. The Balaban J connectivity index is 1.79. The number of benzene rings is 2. The lowest BCUT2D eigenvalue weighted by molar-refractivity contribution is 0.289. The first kappa shape index (κ1) is 13.1. The van der Waals surface area contributed by atoms with Crippen molar-refractivity contribution < 1.29 is 9.47 Å². The van der Waals surface area contributed by atoms with E-state index in [0.29, 0.717) is 13.3 Å². The summed E-state index contributed by atoms with van der Waals surface area (Å²) in [4.78, 5) is 2.16. The van der Waals surface area contributed by atoms with Crippen molar-refractivity contribution in [2.24, 2.45) is 0 Å². The Morgan fingerprint density at radius 3 is 2.75 bits per heavy atom. The summed E-state index contributed by atoms with van der Waals surface area (Å²) in [5.74, 6) is 1.80. The van der Waals surface area contributed by atoms with Gasteiger partial charge in [0.15, 0.2) is 6.73 Å². The van der Waals surface area contributed by atoms with Crippen LogP contribution in [0.15, 0.2) is 42.5 Å². The van der Waals surface area contributed by atoms with E-state index in [4.69, 9.17) is 21.1 Å². The highest BCUT2D eigenvalue weighted by molar-refractivity contribution is 6.30. The lowest BCUT2D eigenvalue weighted by Gasteiger charge is -2.30. The quantitative estimate of drug-likeness (QED) is 0.849. The first-order valence-electron chi connectivity index (χ1n) is 6.65. The molecule has 2 aromatic carbocycles. The summed E-state index contributed by atoms with van der Waals surface area (Å²) in [7, 11) is 0. The number of rotatable bonds is 3. The lowest BCUT2D eigenvalue weighted by atomic mass is 10.1. The molecule has 0 fully saturated rings. The summed E-state index contributed by atoms with van der Waals surface area (Å²) in [6.07, 6.45) is 0. The molecule has 20 heavy (non-hydrogen) atoms. The van der Waals surface area contributed by atoms with Crippen LogP contribution in [0.4, 0.5) is 5.69 Å². The van der Waals surface area contributed by atoms with E-state index in [0.717, 1.165) is 34.3 Å². The highest BCUT2D eigenvalue weighted by Gasteiger charge is 2.17. The highest BCUT2D eigenvalue weighted by atomic mass is 35.5. The maximum Gasteiger partial charge on any atom is 0.161 e. The molecule has 1 aliphatic rings. The van der Waals surface area contributed by atoms with E-state index in [2.05, 4.69) is 4.90 Å². The van der Waals surface area contributed by atoms with Crippen LogP contribution in [-0.2, 0) is 6.54 Å². The number of hydrogen-bond acceptors (Lipinski definition) is 3. The molecule has 1 aliphatic heterocycles. The molecule has 104 valence electrons. The van der Waals surface area contributed by atoms with E-state index in [1.165, 1.54) is 0 Å². The fraction of sp³-hybridized carbons (Fsp3) is 0.250. The van der Waals surface area contributed by atoms with Gasteiger partial charge in [-0.25, -0.2) is 0 Å². The molecular formula is C16H16ClNO2. The summed E-state index contributed by atoms with van der Waals surface area (Å²) in [5, 5.41) is 0.737. The number of anilines is 1. The molecule has 0 aromatic heterocycles. The molecule has 1 heterocycles. The summed E-state index contributed by atoms with van der Waals surface area (Å²) in [6, 6.07) is 13.8. The van der Waals surface area contributed by atoms with Gasteiger partial charge < -0.3 is 14.4 Å². The van der Waals surface area contributed by atoms with Crippen LogP contribution >= 0.6 is 11.6 Å². The van der Waals surface area contributed by atoms with Gasteiger partial charge in [0.05, 0.1) is 6.61 Å². The molecule has 4 heteroatoms. The van der Waals surface area contributed by atoms with Gasteiger partial charge in [0.2, 0.25) is 0 Å². The topological polar surface area (TPSA) is 21.7 Å². The predicted octanol–water partition coefficient (Wildman–Crippen LogP) is 4.10.